The Hall–Kier alpha value is 0.577. The van der Waals surface area contributed by atoms with E-state index in [1.807, 2.05) is 0 Å². The highest BCUT2D eigenvalue weighted by atomic mass is 79.9. The molecule has 0 aliphatic heterocycles. The van der Waals surface area contributed by atoms with Crippen molar-refractivity contribution in [1.82, 2.24) is 0 Å². The van der Waals surface area contributed by atoms with Gasteiger partial charge in [0.1, 0.15) is 0 Å². The van der Waals surface area contributed by atoms with Gasteiger partial charge in [0, 0.05) is 0 Å². The van der Waals surface area contributed by atoms with Crippen LogP contribution in [0, 0.1) is 0 Å². The largest absolute Gasteiger partial charge is 0.414 e. The normalized spacial score (nSPS) is 17.6. The van der Waals surface area contributed by atoms with Gasteiger partial charge in [0.25, 0.3) is 0 Å². The predicted octanol–water partition coefficient (Wildman–Crippen LogP) is 2.12. The molecule has 0 saturated heterocycles. The Balaban J connectivity index is 4.16. The molecule has 92 valence electrons. The first-order valence-electron chi connectivity index (χ1n) is 5.19. The summed E-state index contributed by atoms with van der Waals surface area (Å²) in [5, 5.41) is 18.6. The highest BCUT2D eigenvalue weighted by Crippen LogP contribution is 2.36. The summed E-state index contributed by atoms with van der Waals surface area (Å²) in [7, 11) is -1.79. The van der Waals surface area contributed by atoms with Crippen molar-refractivity contribution in [2.24, 2.45) is 0 Å². The van der Waals surface area contributed by atoms with E-state index in [0.29, 0.717) is 0 Å². The lowest BCUT2D eigenvalue weighted by atomic mass is 10.2. The standard InChI is InChI=1S/C10H23BrO3Si/c1-10(2,3)15(4,5)14-7-9(13)8(11)6-12/h8-9,12-13H,6-7H2,1-5H3/t8-,9-/m1/s1. The topological polar surface area (TPSA) is 49.7 Å². The van der Waals surface area contributed by atoms with E-state index in [2.05, 4.69) is 49.8 Å². The van der Waals surface area contributed by atoms with Gasteiger partial charge in [0.2, 0.25) is 0 Å². The third-order valence-electron chi connectivity index (χ3n) is 3.01. The van der Waals surface area contributed by atoms with E-state index in [1.165, 1.54) is 0 Å². The van der Waals surface area contributed by atoms with Gasteiger partial charge in [0.15, 0.2) is 8.32 Å². The first-order valence-corrected chi connectivity index (χ1v) is 9.01. The van der Waals surface area contributed by atoms with Crippen LogP contribution < -0.4 is 0 Å². The lowest BCUT2D eigenvalue weighted by molar-refractivity contribution is 0.0836. The second-order valence-corrected chi connectivity index (χ2v) is 11.3. The summed E-state index contributed by atoms with van der Waals surface area (Å²) in [4.78, 5) is -0.303. The zero-order chi connectivity index (χ0) is 12.3. The van der Waals surface area contributed by atoms with E-state index in [1.54, 1.807) is 0 Å². The number of alkyl halides is 1. The predicted molar refractivity (Wildman–Crippen MR) is 69.0 cm³/mol. The molecule has 0 aromatic heterocycles. The summed E-state index contributed by atoms with van der Waals surface area (Å²) in [6.07, 6.45) is -0.649. The Morgan fingerprint density at radius 2 is 1.80 bits per heavy atom. The minimum Gasteiger partial charge on any atom is -0.414 e. The summed E-state index contributed by atoms with van der Waals surface area (Å²) in [5.74, 6) is 0. The highest BCUT2D eigenvalue weighted by Gasteiger charge is 2.37. The molecule has 0 fully saturated rings. The summed E-state index contributed by atoms with van der Waals surface area (Å²) in [6, 6.07) is 0. The fourth-order valence-electron chi connectivity index (χ4n) is 0.736. The van der Waals surface area contributed by atoms with Crippen molar-refractivity contribution < 1.29 is 14.6 Å². The molecule has 5 heteroatoms. The molecule has 0 rings (SSSR count). The number of rotatable bonds is 5. The number of aliphatic hydroxyl groups excluding tert-OH is 2. The smallest absolute Gasteiger partial charge is 0.192 e. The third-order valence-corrected chi connectivity index (χ3v) is 8.41. The SMILES string of the molecule is CC(C)(C)[Si](C)(C)OC[C@@H](O)[C@H](Br)CO. The zero-order valence-electron chi connectivity index (χ0n) is 10.2. The average molecular weight is 299 g/mol. The van der Waals surface area contributed by atoms with Crippen LogP contribution in [0.4, 0.5) is 0 Å². The van der Waals surface area contributed by atoms with Crippen LogP contribution in [0.15, 0.2) is 0 Å². The van der Waals surface area contributed by atoms with Gasteiger partial charge < -0.3 is 14.6 Å². The average Bonchev–Trinajstić information content (AvgIpc) is 2.11. The first kappa shape index (κ1) is 15.6. The van der Waals surface area contributed by atoms with E-state index >= 15 is 0 Å². The van der Waals surface area contributed by atoms with Crippen LogP contribution in [0.25, 0.3) is 0 Å². The summed E-state index contributed by atoms with van der Waals surface area (Å²) >= 11 is 3.20. The Morgan fingerprint density at radius 3 is 2.13 bits per heavy atom. The van der Waals surface area contributed by atoms with Crippen LogP contribution in [0.1, 0.15) is 20.8 Å². The van der Waals surface area contributed by atoms with Gasteiger partial charge in [-0.3, -0.25) is 0 Å². The maximum Gasteiger partial charge on any atom is 0.192 e. The van der Waals surface area contributed by atoms with E-state index < -0.39 is 14.4 Å². The second kappa shape index (κ2) is 5.77. The minimum absolute atomic E-state index is 0.0813. The molecule has 3 nitrogen and oxygen atoms in total. The maximum atomic E-state index is 9.64. The van der Waals surface area contributed by atoms with Crippen LogP contribution in [0.3, 0.4) is 0 Å². The summed E-state index contributed by atoms with van der Waals surface area (Å²) in [6.45, 7) is 11.0. The molecule has 0 spiro atoms. The van der Waals surface area contributed by atoms with Gasteiger partial charge in [-0.1, -0.05) is 36.7 Å². The molecule has 0 saturated carbocycles. The molecule has 2 atom stereocenters. The third kappa shape index (κ3) is 4.95. The number of halogens is 1. The van der Waals surface area contributed by atoms with Gasteiger partial charge >= 0.3 is 0 Å². The molecule has 0 bridgehead atoms. The quantitative estimate of drug-likeness (QED) is 0.604. The van der Waals surface area contributed by atoms with Crippen molar-refractivity contribution in [3.05, 3.63) is 0 Å². The van der Waals surface area contributed by atoms with Crippen molar-refractivity contribution in [3.8, 4) is 0 Å². The summed E-state index contributed by atoms with van der Waals surface area (Å²) in [5.41, 5.74) is 0. The van der Waals surface area contributed by atoms with E-state index in [-0.39, 0.29) is 23.1 Å². The molecule has 0 aromatic rings. The van der Waals surface area contributed by atoms with Crippen LogP contribution in [0.5, 0.6) is 0 Å². The van der Waals surface area contributed by atoms with Crippen molar-refractivity contribution in [1.29, 1.82) is 0 Å². The van der Waals surface area contributed by atoms with Crippen LogP contribution in [-0.2, 0) is 4.43 Å². The number of hydrogen-bond donors (Lipinski definition) is 2. The van der Waals surface area contributed by atoms with Gasteiger partial charge in [-0.05, 0) is 18.1 Å². The van der Waals surface area contributed by atoms with Crippen LogP contribution >= 0.6 is 15.9 Å². The molecule has 0 aliphatic rings. The number of hydrogen-bond acceptors (Lipinski definition) is 3. The minimum atomic E-state index is -1.79. The lowest BCUT2D eigenvalue weighted by Gasteiger charge is -2.37. The second-order valence-electron chi connectivity index (χ2n) is 5.34. The van der Waals surface area contributed by atoms with Crippen molar-refractivity contribution in [3.63, 3.8) is 0 Å². The van der Waals surface area contributed by atoms with Crippen LogP contribution in [-0.4, -0.2) is 42.7 Å². The molecule has 0 unspecified atom stereocenters. The molecule has 0 aliphatic carbocycles. The fraction of sp³-hybridized carbons (Fsp3) is 1.00. The Bertz CT molecular complexity index is 192. The monoisotopic (exact) mass is 298 g/mol. The molecular weight excluding hydrogens is 276 g/mol. The zero-order valence-corrected chi connectivity index (χ0v) is 12.8. The van der Waals surface area contributed by atoms with E-state index in [0.717, 1.165) is 0 Å². The molecule has 15 heavy (non-hydrogen) atoms. The fourth-order valence-corrected chi connectivity index (χ4v) is 1.91. The first-order chi connectivity index (χ1) is 6.62. The van der Waals surface area contributed by atoms with Gasteiger partial charge in [-0.2, -0.15) is 0 Å². The van der Waals surface area contributed by atoms with Crippen molar-refractivity contribution in [2.75, 3.05) is 13.2 Å². The van der Waals surface area contributed by atoms with Gasteiger partial charge in [-0.15, -0.1) is 0 Å². The molecule has 0 heterocycles. The van der Waals surface area contributed by atoms with Crippen LogP contribution in [0.2, 0.25) is 18.1 Å². The van der Waals surface area contributed by atoms with E-state index in [4.69, 9.17) is 9.53 Å². The van der Waals surface area contributed by atoms with Gasteiger partial charge in [0.05, 0.1) is 24.1 Å². The molecule has 0 aromatic carbocycles. The highest BCUT2D eigenvalue weighted by molar-refractivity contribution is 9.09. The Morgan fingerprint density at radius 1 is 1.33 bits per heavy atom. The molecule has 0 amide bonds. The Labute approximate surface area is 102 Å². The van der Waals surface area contributed by atoms with E-state index in [9.17, 15) is 5.11 Å². The Kier molecular flexibility index (Phi) is 5.99. The number of aliphatic hydroxyl groups is 2. The van der Waals surface area contributed by atoms with Crippen molar-refractivity contribution >= 4 is 24.2 Å². The van der Waals surface area contributed by atoms with Crippen molar-refractivity contribution in [2.45, 2.75) is 49.8 Å². The lowest BCUT2D eigenvalue weighted by Crippen LogP contribution is -2.44. The molecular formula is C10H23BrO3Si. The summed E-state index contributed by atoms with van der Waals surface area (Å²) < 4.78 is 5.83. The molecule has 0 radical (unpaired) electrons. The molecule has 2 N–H and O–H groups in total. The maximum absolute atomic E-state index is 9.64. The van der Waals surface area contributed by atoms with Gasteiger partial charge in [-0.25, -0.2) is 0 Å².